The van der Waals surface area contributed by atoms with Gasteiger partial charge in [0.05, 0.1) is 0 Å². The molecule has 15 heavy (non-hydrogen) atoms. The Balaban J connectivity index is 2.75. The van der Waals surface area contributed by atoms with Crippen LogP contribution in [0, 0.1) is 13.8 Å². The Morgan fingerprint density at radius 1 is 1.33 bits per heavy atom. The minimum atomic E-state index is 0.653. The molecule has 0 unspecified atom stereocenters. The second kappa shape index (κ2) is 4.18. The Hall–Kier alpha value is -0.470. The van der Waals surface area contributed by atoms with E-state index in [4.69, 9.17) is 11.6 Å². The van der Waals surface area contributed by atoms with Crippen LogP contribution >= 0.6 is 27.5 Å². The molecular weight excluding hydrogens is 273 g/mol. The normalized spacial score (nSPS) is 11.2. The summed E-state index contributed by atoms with van der Waals surface area (Å²) in [6, 6.07) is 6.39. The highest BCUT2D eigenvalue weighted by Gasteiger charge is 2.10. The van der Waals surface area contributed by atoms with Crippen LogP contribution in [0.2, 0.25) is 0 Å². The molecule has 0 aliphatic carbocycles. The predicted molar refractivity (Wildman–Crippen MR) is 69.8 cm³/mol. The summed E-state index contributed by atoms with van der Waals surface area (Å²) in [5.41, 5.74) is 3.93. The van der Waals surface area contributed by atoms with Gasteiger partial charge in [-0.15, -0.1) is 11.6 Å². The van der Waals surface area contributed by atoms with Crippen molar-refractivity contribution in [1.29, 1.82) is 0 Å². The topological polar surface area (TPSA) is 4.93 Å². The highest BCUT2D eigenvalue weighted by molar-refractivity contribution is 9.10. The van der Waals surface area contributed by atoms with E-state index in [0.29, 0.717) is 5.88 Å². The van der Waals surface area contributed by atoms with Crippen molar-refractivity contribution in [1.82, 2.24) is 4.57 Å². The monoisotopic (exact) mass is 285 g/mol. The van der Waals surface area contributed by atoms with Crippen molar-refractivity contribution in [2.45, 2.75) is 20.4 Å². The van der Waals surface area contributed by atoms with E-state index in [2.05, 4.69) is 52.5 Å². The Morgan fingerprint density at radius 2 is 2.07 bits per heavy atom. The first-order valence-electron chi connectivity index (χ1n) is 4.96. The van der Waals surface area contributed by atoms with Gasteiger partial charge < -0.3 is 4.57 Å². The van der Waals surface area contributed by atoms with Crippen molar-refractivity contribution in [3.05, 3.63) is 33.9 Å². The third kappa shape index (κ3) is 1.81. The molecule has 3 heteroatoms. The van der Waals surface area contributed by atoms with Crippen LogP contribution in [0.4, 0.5) is 0 Å². The smallest absolute Gasteiger partial charge is 0.0486 e. The van der Waals surface area contributed by atoms with Crippen LogP contribution in [-0.2, 0) is 6.54 Å². The highest BCUT2D eigenvalue weighted by Crippen LogP contribution is 2.27. The van der Waals surface area contributed by atoms with Gasteiger partial charge in [0, 0.05) is 33.5 Å². The van der Waals surface area contributed by atoms with Crippen LogP contribution in [0.15, 0.2) is 22.7 Å². The van der Waals surface area contributed by atoms with Gasteiger partial charge in [-0.2, -0.15) is 0 Å². The van der Waals surface area contributed by atoms with Gasteiger partial charge in [-0.05, 0) is 37.6 Å². The first-order valence-corrected chi connectivity index (χ1v) is 6.29. The second-order valence-corrected chi connectivity index (χ2v) is 5.01. The van der Waals surface area contributed by atoms with E-state index >= 15 is 0 Å². The lowest BCUT2D eigenvalue weighted by molar-refractivity contribution is 0.771. The van der Waals surface area contributed by atoms with Crippen molar-refractivity contribution in [2.75, 3.05) is 5.88 Å². The molecule has 0 radical (unpaired) electrons. The fourth-order valence-electron chi connectivity index (χ4n) is 1.99. The number of alkyl halides is 1. The Labute approximate surface area is 103 Å². The zero-order chi connectivity index (χ0) is 11.0. The number of rotatable bonds is 2. The maximum Gasteiger partial charge on any atom is 0.0486 e. The van der Waals surface area contributed by atoms with Crippen molar-refractivity contribution < 1.29 is 0 Å². The number of aryl methyl sites for hydroxylation is 2. The van der Waals surface area contributed by atoms with E-state index < -0.39 is 0 Å². The molecule has 0 aliphatic rings. The molecule has 0 atom stereocenters. The number of hydrogen-bond donors (Lipinski definition) is 0. The molecule has 1 aromatic carbocycles. The molecule has 0 spiro atoms. The van der Waals surface area contributed by atoms with Crippen LogP contribution in [-0.4, -0.2) is 10.4 Å². The second-order valence-electron chi connectivity index (χ2n) is 3.71. The maximum absolute atomic E-state index is 5.82. The number of nitrogens with zero attached hydrogens (tertiary/aromatic N) is 1. The van der Waals surface area contributed by atoms with E-state index in [-0.39, 0.29) is 0 Å². The van der Waals surface area contributed by atoms with Gasteiger partial charge in [0.2, 0.25) is 0 Å². The van der Waals surface area contributed by atoms with Crippen molar-refractivity contribution in [3.8, 4) is 0 Å². The lowest BCUT2D eigenvalue weighted by Crippen LogP contribution is -2.00. The third-order valence-electron chi connectivity index (χ3n) is 2.91. The first kappa shape index (κ1) is 11.0. The molecule has 0 fully saturated rings. The Kier molecular flexibility index (Phi) is 3.08. The van der Waals surface area contributed by atoms with E-state index in [0.717, 1.165) is 11.0 Å². The first-order chi connectivity index (χ1) is 7.15. The van der Waals surface area contributed by atoms with E-state index in [1.807, 2.05) is 0 Å². The molecule has 0 bridgehead atoms. The number of fused-ring (bicyclic) bond motifs is 1. The highest BCUT2D eigenvalue weighted by atomic mass is 79.9. The molecule has 80 valence electrons. The van der Waals surface area contributed by atoms with Gasteiger partial charge in [-0.3, -0.25) is 0 Å². The molecular formula is C12H13BrClN. The molecule has 0 saturated carbocycles. The predicted octanol–water partition coefficient (Wildman–Crippen LogP) is 4.26. The van der Waals surface area contributed by atoms with Crippen LogP contribution in [0.25, 0.3) is 10.9 Å². The van der Waals surface area contributed by atoms with Gasteiger partial charge in [0.15, 0.2) is 0 Å². The van der Waals surface area contributed by atoms with Crippen LogP contribution in [0.1, 0.15) is 11.3 Å². The number of benzene rings is 1. The summed E-state index contributed by atoms with van der Waals surface area (Å²) in [7, 11) is 0. The standard InChI is InChI=1S/C12H13BrClN/c1-8-9(2)15(6-5-14)12-4-3-10(13)7-11(8)12/h3-4,7H,5-6H2,1-2H3. The van der Waals surface area contributed by atoms with Crippen molar-refractivity contribution >= 4 is 38.4 Å². The molecule has 1 aromatic heterocycles. The summed E-state index contributed by atoms with van der Waals surface area (Å²) in [6.07, 6.45) is 0. The van der Waals surface area contributed by atoms with Crippen LogP contribution in [0.3, 0.4) is 0 Å². The lowest BCUT2D eigenvalue weighted by atomic mass is 10.2. The van der Waals surface area contributed by atoms with E-state index in [9.17, 15) is 0 Å². The van der Waals surface area contributed by atoms with E-state index in [1.165, 1.54) is 22.2 Å². The number of aromatic nitrogens is 1. The van der Waals surface area contributed by atoms with Gasteiger partial charge in [0.1, 0.15) is 0 Å². The zero-order valence-corrected chi connectivity index (χ0v) is 11.2. The lowest BCUT2D eigenvalue weighted by Gasteiger charge is -2.05. The largest absolute Gasteiger partial charge is 0.343 e. The minimum Gasteiger partial charge on any atom is -0.343 e. The fraction of sp³-hybridized carbons (Fsp3) is 0.333. The molecule has 2 rings (SSSR count). The third-order valence-corrected chi connectivity index (χ3v) is 3.57. The summed E-state index contributed by atoms with van der Waals surface area (Å²) in [4.78, 5) is 0. The van der Waals surface area contributed by atoms with Crippen molar-refractivity contribution in [3.63, 3.8) is 0 Å². The fourth-order valence-corrected chi connectivity index (χ4v) is 2.52. The zero-order valence-electron chi connectivity index (χ0n) is 8.85. The molecule has 0 saturated heterocycles. The average Bonchev–Trinajstić information content (AvgIpc) is 2.44. The van der Waals surface area contributed by atoms with Gasteiger partial charge >= 0.3 is 0 Å². The summed E-state index contributed by atoms with van der Waals surface area (Å²) >= 11 is 9.32. The van der Waals surface area contributed by atoms with Crippen LogP contribution < -0.4 is 0 Å². The quantitative estimate of drug-likeness (QED) is 0.727. The number of hydrogen-bond acceptors (Lipinski definition) is 0. The van der Waals surface area contributed by atoms with Crippen LogP contribution in [0.5, 0.6) is 0 Å². The molecule has 2 aromatic rings. The van der Waals surface area contributed by atoms with Gasteiger partial charge in [0.25, 0.3) is 0 Å². The Bertz CT molecular complexity index is 502. The molecule has 0 amide bonds. The molecule has 1 heterocycles. The summed E-state index contributed by atoms with van der Waals surface area (Å²) in [5, 5.41) is 1.31. The Morgan fingerprint density at radius 3 is 2.73 bits per heavy atom. The molecule has 1 nitrogen and oxygen atoms in total. The number of halogens is 2. The van der Waals surface area contributed by atoms with Crippen molar-refractivity contribution in [2.24, 2.45) is 0 Å². The van der Waals surface area contributed by atoms with Gasteiger partial charge in [-0.25, -0.2) is 0 Å². The SMILES string of the molecule is Cc1c(C)n(CCCl)c2ccc(Br)cc12. The summed E-state index contributed by atoms with van der Waals surface area (Å²) < 4.78 is 3.41. The molecule has 0 N–H and O–H groups in total. The average molecular weight is 287 g/mol. The molecule has 0 aliphatic heterocycles. The van der Waals surface area contributed by atoms with E-state index in [1.54, 1.807) is 0 Å². The minimum absolute atomic E-state index is 0.653. The maximum atomic E-state index is 5.82. The summed E-state index contributed by atoms with van der Waals surface area (Å²) in [5.74, 6) is 0.653. The van der Waals surface area contributed by atoms with Gasteiger partial charge in [-0.1, -0.05) is 15.9 Å². The summed E-state index contributed by atoms with van der Waals surface area (Å²) in [6.45, 7) is 5.18.